The molecule has 0 saturated heterocycles. The van der Waals surface area contributed by atoms with Crippen molar-refractivity contribution < 1.29 is 9.53 Å². The zero-order chi connectivity index (χ0) is 20.5. The van der Waals surface area contributed by atoms with Gasteiger partial charge >= 0.3 is 0 Å². The molecule has 2 heterocycles. The fourth-order valence-corrected chi connectivity index (χ4v) is 4.52. The number of para-hydroxylation sites is 1. The van der Waals surface area contributed by atoms with Crippen molar-refractivity contribution in [3.8, 4) is 11.4 Å². The lowest BCUT2D eigenvalue weighted by Gasteiger charge is -2.25. The Hall–Kier alpha value is -2.87. The maximum absolute atomic E-state index is 13.3. The number of nitrogens with zero attached hydrogens (tertiary/aromatic N) is 5. The molecule has 8 heteroatoms. The van der Waals surface area contributed by atoms with Crippen LogP contribution in [0.3, 0.4) is 0 Å². The molecule has 3 aromatic rings. The Morgan fingerprint density at radius 1 is 1.24 bits per heavy atom. The number of anilines is 1. The Bertz CT molecular complexity index is 1050. The summed E-state index contributed by atoms with van der Waals surface area (Å²) in [4.78, 5) is 15.2. The molecule has 0 saturated carbocycles. The fraction of sp³-hybridized carbons (Fsp3) is 0.333. The van der Waals surface area contributed by atoms with Crippen LogP contribution < -0.4 is 9.64 Å². The van der Waals surface area contributed by atoms with Crippen molar-refractivity contribution >= 4 is 23.4 Å². The first-order valence-electron chi connectivity index (χ1n) is 9.50. The summed E-state index contributed by atoms with van der Waals surface area (Å²) in [6, 6.07) is 14.0. The van der Waals surface area contributed by atoms with Gasteiger partial charge in [0, 0.05) is 11.7 Å². The number of carbonyl (C=O) groups is 1. The van der Waals surface area contributed by atoms with Crippen molar-refractivity contribution in [2.45, 2.75) is 43.6 Å². The van der Waals surface area contributed by atoms with E-state index in [4.69, 9.17) is 4.74 Å². The van der Waals surface area contributed by atoms with Crippen LogP contribution in [0.5, 0.6) is 5.75 Å². The summed E-state index contributed by atoms with van der Waals surface area (Å²) in [5.74, 6) is 0.726. The van der Waals surface area contributed by atoms with Gasteiger partial charge in [-0.2, -0.15) is 4.68 Å². The Morgan fingerprint density at radius 2 is 2.03 bits per heavy atom. The normalized spacial score (nSPS) is 16.6. The van der Waals surface area contributed by atoms with Crippen LogP contribution in [-0.2, 0) is 11.2 Å². The zero-order valence-electron chi connectivity index (χ0n) is 16.9. The number of ether oxygens (including phenoxy) is 1. The molecule has 4 rings (SSSR count). The highest BCUT2D eigenvalue weighted by Gasteiger charge is 2.34. The molecule has 1 amide bonds. The minimum absolute atomic E-state index is 0.0539. The van der Waals surface area contributed by atoms with E-state index in [1.54, 1.807) is 11.8 Å². The van der Waals surface area contributed by atoms with Crippen LogP contribution >= 0.6 is 11.8 Å². The van der Waals surface area contributed by atoms with Crippen molar-refractivity contribution in [3.05, 3.63) is 53.6 Å². The highest BCUT2D eigenvalue weighted by molar-refractivity contribution is 8.00. The molecular formula is C21H23N5O2S. The molecule has 1 aliphatic heterocycles. The smallest absolute Gasteiger partial charge is 0.240 e. The summed E-state index contributed by atoms with van der Waals surface area (Å²) in [6.07, 6.45) is 0.873. The fourth-order valence-electron chi connectivity index (χ4n) is 3.67. The molecule has 0 bridgehead atoms. The highest BCUT2D eigenvalue weighted by Crippen LogP contribution is 2.35. The van der Waals surface area contributed by atoms with Crippen LogP contribution in [0.15, 0.2) is 47.6 Å². The Morgan fingerprint density at radius 3 is 2.83 bits per heavy atom. The number of rotatable bonds is 5. The van der Waals surface area contributed by atoms with Gasteiger partial charge in [-0.05, 0) is 66.9 Å². The minimum atomic E-state index is -0.343. The standard InChI is InChI=1S/C21H23N5O2S/c1-13-9-10-19(28-4)18(11-13)26-21(22-23-24-26)29-15(3)20(27)25-14(2)12-16-7-5-6-8-17(16)25/h5-11,14-15H,12H2,1-4H3/t14-,15+/m0/s1. The molecule has 0 fully saturated rings. The number of fused-ring (bicyclic) bond motifs is 1. The second-order valence-electron chi connectivity index (χ2n) is 7.20. The maximum atomic E-state index is 13.3. The van der Waals surface area contributed by atoms with Gasteiger partial charge < -0.3 is 9.64 Å². The number of aromatic nitrogens is 4. The molecule has 2 atom stereocenters. The lowest BCUT2D eigenvalue weighted by atomic mass is 10.1. The van der Waals surface area contributed by atoms with E-state index in [1.807, 2.05) is 55.1 Å². The second-order valence-corrected chi connectivity index (χ2v) is 8.51. The van der Waals surface area contributed by atoms with Crippen molar-refractivity contribution in [1.82, 2.24) is 20.2 Å². The summed E-state index contributed by atoms with van der Waals surface area (Å²) in [6.45, 7) is 5.97. The Labute approximate surface area is 174 Å². The summed E-state index contributed by atoms with van der Waals surface area (Å²) >= 11 is 1.35. The Balaban J connectivity index is 1.59. The molecule has 0 aliphatic carbocycles. The highest BCUT2D eigenvalue weighted by atomic mass is 32.2. The molecule has 0 spiro atoms. The van der Waals surface area contributed by atoms with E-state index in [1.165, 1.54) is 17.3 Å². The van der Waals surface area contributed by atoms with Crippen molar-refractivity contribution in [1.29, 1.82) is 0 Å². The van der Waals surface area contributed by atoms with Gasteiger partial charge in [0.1, 0.15) is 11.4 Å². The minimum Gasteiger partial charge on any atom is -0.494 e. The Kier molecular flexibility index (Phi) is 5.27. The van der Waals surface area contributed by atoms with Crippen molar-refractivity contribution in [2.75, 3.05) is 12.0 Å². The average Bonchev–Trinajstić information content (AvgIpc) is 3.30. The number of thioether (sulfide) groups is 1. The number of amides is 1. The van der Waals surface area contributed by atoms with E-state index >= 15 is 0 Å². The van der Waals surface area contributed by atoms with Crippen LogP contribution in [0.25, 0.3) is 5.69 Å². The number of hydrogen-bond donors (Lipinski definition) is 0. The van der Waals surface area contributed by atoms with E-state index < -0.39 is 0 Å². The zero-order valence-corrected chi connectivity index (χ0v) is 17.7. The molecule has 0 unspecified atom stereocenters. The van der Waals surface area contributed by atoms with Crippen LogP contribution in [-0.4, -0.2) is 44.5 Å². The molecule has 2 aromatic carbocycles. The van der Waals surface area contributed by atoms with Gasteiger partial charge in [0.2, 0.25) is 11.1 Å². The molecule has 0 radical (unpaired) electrons. The van der Waals surface area contributed by atoms with Crippen LogP contribution in [0.2, 0.25) is 0 Å². The average molecular weight is 410 g/mol. The van der Waals surface area contributed by atoms with Gasteiger partial charge in [-0.3, -0.25) is 4.79 Å². The van der Waals surface area contributed by atoms with Crippen molar-refractivity contribution in [2.24, 2.45) is 0 Å². The second kappa shape index (κ2) is 7.87. The lowest BCUT2D eigenvalue weighted by Crippen LogP contribution is -2.40. The third-order valence-electron chi connectivity index (χ3n) is 5.08. The van der Waals surface area contributed by atoms with Crippen molar-refractivity contribution in [3.63, 3.8) is 0 Å². The van der Waals surface area contributed by atoms with E-state index in [0.717, 1.165) is 23.4 Å². The SMILES string of the molecule is COc1ccc(C)cc1-n1nnnc1S[C@H](C)C(=O)N1c2ccccc2C[C@@H]1C. The van der Waals surface area contributed by atoms with Crippen LogP contribution in [0, 0.1) is 6.92 Å². The number of tetrazole rings is 1. The third kappa shape index (κ3) is 3.60. The number of hydrogen-bond acceptors (Lipinski definition) is 6. The lowest BCUT2D eigenvalue weighted by molar-refractivity contribution is -0.118. The van der Waals surface area contributed by atoms with Gasteiger partial charge in [0.25, 0.3) is 0 Å². The van der Waals surface area contributed by atoms with Crippen LogP contribution in [0.4, 0.5) is 5.69 Å². The topological polar surface area (TPSA) is 73.1 Å². The maximum Gasteiger partial charge on any atom is 0.240 e. The van der Waals surface area contributed by atoms with Gasteiger partial charge in [0.05, 0.1) is 12.4 Å². The molecule has 29 heavy (non-hydrogen) atoms. The summed E-state index contributed by atoms with van der Waals surface area (Å²) in [5.41, 5.74) is 4.02. The number of benzene rings is 2. The first-order chi connectivity index (χ1) is 14.0. The molecule has 150 valence electrons. The predicted octanol–water partition coefficient (Wildman–Crippen LogP) is 3.44. The first kappa shape index (κ1) is 19.4. The van der Waals surface area contributed by atoms with E-state index in [9.17, 15) is 4.79 Å². The summed E-state index contributed by atoms with van der Waals surface area (Å²) in [7, 11) is 1.61. The third-order valence-corrected chi connectivity index (χ3v) is 6.10. The van der Waals surface area contributed by atoms with Gasteiger partial charge in [-0.1, -0.05) is 36.0 Å². The van der Waals surface area contributed by atoms with E-state index in [-0.39, 0.29) is 17.2 Å². The number of methoxy groups -OCH3 is 1. The van der Waals surface area contributed by atoms with E-state index in [0.29, 0.717) is 10.9 Å². The van der Waals surface area contributed by atoms with Crippen LogP contribution in [0.1, 0.15) is 25.0 Å². The molecule has 1 aliphatic rings. The monoisotopic (exact) mass is 409 g/mol. The summed E-state index contributed by atoms with van der Waals surface area (Å²) < 4.78 is 7.09. The van der Waals surface area contributed by atoms with Gasteiger partial charge in [-0.25, -0.2) is 0 Å². The number of aryl methyl sites for hydroxylation is 1. The largest absolute Gasteiger partial charge is 0.494 e. The van der Waals surface area contributed by atoms with Gasteiger partial charge in [0.15, 0.2) is 0 Å². The summed E-state index contributed by atoms with van der Waals surface area (Å²) in [5, 5.41) is 12.3. The molecule has 1 aromatic heterocycles. The quantitative estimate of drug-likeness (QED) is 0.601. The number of carbonyl (C=O) groups excluding carboxylic acids is 1. The van der Waals surface area contributed by atoms with E-state index in [2.05, 4.69) is 28.5 Å². The molecular weight excluding hydrogens is 386 g/mol. The molecule has 0 N–H and O–H groups in total. The molecule has 7 nitrogen and oxygen atoms in total. The predicted molar refractivity (Wildman–Crippen MR) is 113 cm³/mol. The van der Waals surface area contributed by atoms with Gasteiger partial charge in [-0.15, -0.1) is 5.10 Å². The first-order valence-corrected chi connectivity index (χ1v) is 10.4.